The Kier molecular flexibility index (Phi) is 6.02. The molecule has 0 bridgehead atoms. The number of amides is 2. The number of halogens is 3. The van der Waals surface area contributed by atoms with Crippen LogP contribution in [-0.2, 0) is 9.59 Å². The lowest BCUT2D eigenvalue weighted by Gasteiger charge is -2.39. The predicted molar refractivity (Wildman–Crippen MR) is 86.8 cm³/mol. The van der Waals surface area contributed by atoms with E-state index in [1.165, 1.54) is 24.5 Å². The molecule has 0 aromatic carbocycles. The Morgan fingerprint density at radius 3 is 2.48 bits per heavy atom. The first-order chi connectivity index (χ1) is 11.8. The zero-order valence-electron chi connectivity index (χ0n) is 14.3. The summed E-state index contributed by atoms with van der Waals surface area (Å²) in [6.45, 7) is 4.44. The van der Waals surface area contributed by atoms with Crippen LogP contribution in [0.2, 0.25) is 0 Å². The molecule has 0 N–H and O–H groups in total. The highest BCUT2D eigenvalue weighted by Crippen LogP contribution is 2.29. The Morgan fingerprint density at radius 1 is 1.36 bits per heavy atom. The van der Waals surface area contributed by atoms with E-state index >= 15 is 0 Å². The van der Waals surface area contributed by atoms with E-state index in [4.69, 9.17) is 0 Å². The Balaban J connectivity index is 2.15. The van der Waals surface area contributed by atoms with Crippen molar-refractivity contribution in [3.63, 3.8) is 0 Å². The van der Waals surface area contributed by atoms with Crippen LogP contribution in [0.25, 0.3) is 0 Å². The number of pyridine rings is 1. The second-order valence-corrected chi connectivity index (χ2v) is 6.25. The van der Waals surface area contributed by atoms with E-state index < -0.39 is 18.1 Å². The minimum Gasteiger partial charge on any atom is -0.342 e. The lowest BCUT2D eigenvalue weighted by atomic mass is 9.99. The summed E-state index contributed by atoms with van der Waals surface area (Å²) in [5.74, 6) is -1.99. The molecule has 1 unspecified atom stereocenters. The van der Waals surface area contributed by atoms with E-state index in [1.807, 2.05) is 13.8 Å². The summed E-state index contributed by atoms with van der Waals surface area (Å²) in [4.78, 5) is 30.4. The number of piperidine rings is 1. The molecule has 1 fully saturated rings. The van der Waals surface area contributed by atoms with Gasteiger partial charge in [0.05, 0.1) is 11.9 Å². The van der Waals surface area contributed by atoms with Gasteiger partial charge < -0.3 is 4.90 Å². The van der Waals surface area contributed by atoms with Crippen molar-refractivity contribution in [3.05, 3.63) is 24.5 Å². The number of likely N-dealkylation sites (tertiary alicyclic amines) is 1. The highest BCUT2D eigenvalue weighted by atomic mass is 19.4. The first kappa shape index (κ1) is 19.2. The van der Waals surface area contributed by atoms with Gasteiger partial charge in [-0.05, 0) is 31.4 Å². The summed E-state index contributed by atoms with van der Waals surface area (Å²) in [6.07, 6.45) is -0.947. The molecule has 2 rings (SSSR count). The lowest BCUT2D eigenvalue weighted by molar-refractivity contribution is -0.171. The molecule has 1 aromatic rings. The number of anilines is 1. The molecule has 2 heterocycles. The Bertz CT molecular complexity index is 599. The van der Waals surface area contributed by atoms with Gasteiger partial charge in [0.1, 0.15) is 0 Å². The zero-order chi connectivity index (χ0) is 18.6. The molecule has 8 heteroatoms. The van der Waals surface area contributed by atoms with Crippen LogP contribution in [0.4, 0.5) is 18.9 Å². The molecule has 1 aromatic heterocycles. The number of nitrogens with zero attached hydrogens (tertiary/aromatic N) is 3. The Hall–Kier alpha value is -2.12. The summed E-state index contributed by atoms with van der Waals surface area (Å²) in [5, 5.41) is 0. The highest BCUT2D eigenvalue weighted by Gasteiger charge is 2.46. The number of carbonyl (C=O) groups excluding carboxylic acids is 2. The molecule has 1 aliphatic rings. The number of hydrogen-bond acceptors (Lipinski definition) is 3. The molecular weight excluding hydrogens is 335 g/mol. The zero-order valence-corrected chi connectivity index (χ0v) is 14.3. The van der Waals surface area contributed by atoms with Crippen LogP contribution in [0.1, 0.15) is 33.1 Å². The summed E-state index contributed by atoms with van der Waals surface area (Å²) < 4.78 is 39.1. The van der Waals surface area contributed by atoms with Crippen molar-refractivity contribution >= 4 is 17.5 Å². The molecule has 1 aliphatic heterocycles. The van der Waals surface area contributed by atoms with Gasteiger partial charge in [-0.1, -0.05) is 13.8 Å². The molecule has 0 aliphatic carbocycles. The third kappa shape index (κ3) is 4.49. The average Bonchev–Trinajstić information content (AvgIpc) is 2.61. The van der Waals surface area contributed by atoms with Crippen LogP contribution >= 0.6 is 0 Å². The molecule has 1 saturated heterocycles. The van der Waals surface area contributed by atoms with Gasteiger partial charge >= 0.3 is 12.1 Å². The maximum absolute atomic E-state index is 13.0. The number of hydrogen-bond donors (Lipinski definition) is 0. The molecule has 0 spiro atoms. The van der Waals surface area contributed by atoms with Crippen LogP contribution in [0.5, 0.6) is 0 Å². The van der Waals surface area contributed by atoms with E-state index in [-0.39, 0.29) is 17.5 Å². The molecule has 5 nitrogen and oxygen atoms in total. The van der Waals surface area contributed by atoms with Crippen LogP contribution < -0.4 is 4.90 Å². The van der Waals surface area contributed by atoms with Crippen molar-refractivity contribution in [1.29, 1.82) is 0 Å². The number of rotatable bonds is 4. The number of aromatic nitrogens is 1. The van der Waals surface area contributed by atoms with Gasteiger partial charge in [-0.15, -0.1) is 0 Å². The van der Waals surface area contributed by atoms with Gasteiger partial charge in [0.15, 0.2) is 0 Å². The van der Waals surface area contributed by atoms with Gasteiger partial charge in [-0.2, -0.15) is 13.2 Å². The SMILES string of the molecule is CCC(C)C(=O)N1CCC(N(C(=O)C(F)(F)F)c2cccnc2)CC1. The molecule has 0 radical (unpaired) electrons. The predicted octanol–water partition coefficient (Wildman–Crippen LogP) is 3.01. The van der Waals surface area contributed by atoms with E-state index in [0.717, 1.165) is 4.90 Å². The molecule has 0 saturated carbocycles. The summed E-state index contributed by atoms with van der Waals surface area (Å²) >= 11 is 0. The lowest BCUT2D eigenvalue weighted by Crippen LogP contribution is -2.53. The average molecular weight is 357 g/mol. The second-order valence-electron chi connectivity index (χ2n) is 6.25. The summed E-state index contributed by atoms with van der Waals surface area (Å²) in [7, 11) is 0. The van der Waals surface area contributed by atoms with Crippen LogP contribution in [0, 0.1) is 5.92 Å². The monoisotopic (exact) mass is 357 g/mol. The molecule has 1 atom stereocenters. The molecule has 25 heavy (non-hydrogen) atoms. The molecular formula is C17H22F3N3O2. The van der Waals surface area contributed by atoms with Crippen molar-refractivity contribution in [2.75, 3.05) is 18.0 Å². The highest BCUT2D eigenvalue weighted by molar-refractivity contribution is 5.97. The third-order valence-corrected chi connectivity index (χ3v) is 4.56. The van der Waals surface area contributed by atoms with Gasteiger partial charge in [-0.3, -0.25) is 19.5 Å². The van der Waals surface area contributed by atoms with Crippen LogP contribution in [-0.4, -0.2) is 47.0 Å². The normalized spacial score (nSPS) is 17.2. The van der Waals surface area contributed by atoms with E-state index in [1.54, 1.807) is 4.90 Å². The van der Waals surface area contributed by atoms with Gasteiger partial charge in [0, 0.05) is 31.2 Å². The van der Waals surface area contributed by atoms with Crippen LogP contribution in [0.3, 0.4) is 0 Å². The molecule has 138 valence electrons. The largest absolute Gasteiger partial charge is 0.471 e. The number of alkyl halides is 3. The summed E-state index contributed by atoms with van der Waals surface area (Å²) in [5.41, 5.74) is 0.122. The third-order valence-electron chi connectivity index (χ3n) is 4.56. The minimum absolute atomic E-state index is 0.0102. The van der Waals surface area contributed by atoms with Gasteiger partial charge in [0.25, 0.3) is 0 Å². The van der Waals surface area contributed by atoms with Gasteiger partial charge in [0.2, 0.25) is 5.91 Å². The second kappa shape index (κ2) is 7.84. The maximum Gasteiger partial charge on any atom is 0.471 e. The smallest absolute Gasteiger partial charge is 0.342 e. The van der Waals surface area contributed by atoms with Crippen molar-refractivity contribution in [3.8, 4) is 0 Å². The Labute approximate surface area is 144 Å². The topological polar surface area (TPSA) is 53.5 Å². The van der Waals surface area contributed by atoms with E-state index in [0.29, 0.717) is 32.4 Å². The fraction of sp³-hybridized carbons (Fsp3) is 0.588. The first-order valence-electron chi connectivity index (χ1n) is 8.34. The summed E-state index contributed by atoms with van der Waals surface area (Å²) in [6, 6.07) is 2.32. The van der Waals surface area contributed by atoms with Crippen molar-refractivity contribution in [2.45, 2.75) is 45.3 Å². The quantitative estimate of drug-likeness (QED) is 0.832. The van der Waals surface area contributed by atoms with Crippen LogP contribution in [0.15, 0.2) is 24.5 Å². The van der Waals surface area contributed by atoms with Crippen molar-refractivity contribution in [2.24, 2.45) is 5.92 Å². The fourth-order valence-electron chi connectivity index (χ4n) is 2.96. The fourth-order valence-corrected chi connectivity index (χ4v) is 2.96. The van der Waals surface area contributed by atoms with E-state index in [2.05, 4.69) is 4.98 Å². The Morgan fingerprint density at radius 2 is 2.00 bits per heavy atom. The van der Waals surface area contributed by atoms with Gasteiger partial charge in [-0.25, -0.2) is 0 Å². The van der Waals surface area contributed by atoms with Crippen molar-refractivity contribution < 1.29 is 22.8 Å². The maximum atomic E-state index is 13.0. The molecule has 2 amide bonds. The first-order valence-corrected chi connectivity index (χ1v) is 8.34. The minimum atomic E-state index is -4.96. The van der Waals surface area contributed by atoms with Crippen molar-refractivity contribution in [1.82, 2.24) is 9.88 Å². The van der Waals surface area contributed by atoms with E-state index in [9.17, 15) is 22.8 Å². The standard InChI is InChI=1S/C17H22F3N3O2/c1-3-12(2)15(24)22-9-6-13(7-10-22)23(16(25)17(18,19)20)14-5-4-8-21-11-14/h4-5,8,11-13H,3,6-7,9-10H2,1-2H3. The number of carbonyl (C=O) groups is 2.